The van der Waals surface area contributed by atoms with Crippen LogP contribution < -0.4 is 10.6 Å². The summed E-state index contributed by atoms with van der Waals surface area (Å²) >= 11 is 6.21. The minimum absolute atomic E-state index is 0.172. The number of para-hydroxylation sites is 1. The lowest BCUT2D eigenvalue weighted by Crippen LogP contribution is -2.52. The minimum atomic E-state index is -0.745. The molecule has 0 bridgehead atoms. The predicted octanol–water partition coefficient (Wildman–Crippen LogP) is 3.00. The molecule has 1 aliphatic heterocycles. The number of aromatic amines is 1. The van der Waals surface area contributed by atoms with Gasteiger partial charge in [0.2, 0.25) is 5.91 Å². The van der Waals surface area contributed by atoms with Crippen LogP contribution in [-0.2, 0) is 16.0 Å². The summed E-state index contributed by atoms with van der Waals surface area (Å²) < 4.78 is 5.41. The molecule has 1 fully saturated rings. The molecule has 2 heterocycles. The Labute approximate surface area is 198 Å². The van der Waals surface area contributed by atoms with E-state index < -0.39 is 6.04 Å². The molecule has 33 heavy (non-hydrogen) atoms. The Morgan fingerprint density at radius 3 is 2.64 bits per heavy atom. The van der Waals surface area contributed by atoms with Crippen LogP contribution in [0.15, 0.2) is 54.7 Å². The maximum atomic E-state index is 13.2. The molecule has 1 saturated heterocycles. The van der Waals surface area contributed by atoms with Crippen molar-refractivity contribution in [2.45, 2.75) is 25.4 Å². The molecule has 0 saturated carbocycles. The quantitative estimate of drug-likeness (QED) is 0.474. The second kappa shape index (κ2) is 10.8. The number of nitrogens with zero attached hydrogens (tertiary/aromatic N) is 1. The summed E-state index contributed by atoms with van der Waals surface area (Å²) in [5.41, 5.74) is 2.30. The lowest BCUT2D eigenvalue weighted by molar-refractivity contribution is -0.123. The molecule has 7 nitrogen and oxygen atoms in total. The van der Waals surface area contributed by atoms with Crippen LogP contribution in [0.4, 0.5) is 0 Å². The van der Waals surface area contributed by atoms with E-state index in [1.54, 1.807) is 24.3 Å². The molecular weight excluding hydrogens is 440 g/mol. The number of rotatable bonds is 8. The zero-order valence-corrected chi connectivity index (χ0v) is 19.4. The monoisotopic (exact) mass is 468 g/mol. The van der Waals surface area contributed by atoms with E-state index in [-0.39, 0.29) is 17.9 Å². The van der Waals surface area contributed by atoms with E-state index >= 15 is 0 Å². The molecule has 0 spiro atoms. The fraction of sp³-hybridized carbons (Fsp3) is 0.360. The summed E-state index contributed by atoms with van der Waals surface area (Å²) in [4.78, 5) is 31.7. The zero-order valence-electron chi connectivity index (χ0n) is 18.6. The average molecular weight is 469 g/mol. The van der Waals surface area contributed by atoms with Crippen LogP contribution in [0.1, 0.15) is 22.8 Å². The number of hydrogen-bond acceptors (Lipinski definition) is 4. The van der Waals surface area contributed by atoms with Crippen molar-refractivity contribution >= 4 is 34.3 Å². The van der Waals surface area contributed by atoms with Crippen molar-refractivity contribution in [3.8, 4) is 0 Å². The summed E-state index contributed by atoms with van der Waals surface area (Å²) in [6.45, 7) is 5.68. The zero-order chi connectivity index (χ0) is 23.2. The normalized spacial score (nSPS) is 16.3. The molecule has 2 amide bonds. The van der Waals surface area contributed by atoms with Crippen LogP contribution in [0.5, 0.6) is 0 Å². The maximum absolute atomic E-state index is 13.2. The molecule has 0 aliphatic carbocycles. The molecular formula is C25H29ClN4O3. The second-order valence-corrected chi connectivity index (χ2v) is 8.72. The van der Waals surface area contributed by atoms with Crippen molar-refractivity contribution in [3.05, 3.63) is 70.9 Å². The molecule has 1 aliphatic rings. The van der Waals surface area contributed by atoms with Crippen LogP contribution in [0, 0.1) is 0 Å². The predicted molar refractivity (Wildman–Crippen MR) is 130 cm³/mol. The van der Waals surface area contributed by atoms with Crippen molar-refractivity contribution in [2.24, 2.45) is 0 Å². The Balaban J connectivity index is 1.49. The summed E-state index contributed by atoms with van der Waals surface area (Å²) in [6.07, 6.45) is 2.25. The van der Waals surface area contributed by atoms with Crippen molar-refractivity contribution in [3.63, 3.8) is 0 Å². The van der Waals surface area contributed by atoms with E-state index in [2.05, 4.69) is 27.4 Å². The molecule has 8 heteroatoms. The van der Waals surface area contributed by atoms with Crippen LogP contribution >= 0.6 is 11.6 Å². The summed E-state index contributed by atoms with van der Waals surface area (Å²) in [5.74, 6) is -0.595. The smallest absolute Gasteiger partial charge is 0.253 e. The fourth-order valence-electron chi connectivity index (χ4n) is 4.13. The first kappa shape index (κ1) is 23.3. The molecule has 0 radical (unpaired) electrons. The van der Waals surface area contributed by atoms with Gasteiger partial charge in [-0.15, -0.1) is 0 Å². The molecule has 2 atom stereocenters. The number of hydrogen-bond donors (Lipinski definition) is 3. The van der Waals surface area contributed by atoms with Gasteiger partial charge in [0.1, 0.15) is 6.04 Å². The number of ether oxygens (including phenoxy) is 1. The number of aromatic nitrogens is 1. The largest absolute Gasteiger partial charge is 0.379 e. The highest BCUT2D eigenvalue weighted by Gasteiger charge is 2.25. The van der Waals surface area contributed by atoms with Gasteiger partial charge in [-0.1, -0.05) is 41.9 Å². The first-order valence-electron chi connectivity index (χ1n) is 11.2. The maximum Gasteiger partial charge on any atom is 0.253 e. The fourth-order valence-corrected chi connectivity index (χ4v) is 4.35. The Bertz CT molecular complexity index is 1110. The van der Waals surface area contributed by atoms with Crippen LogP contribution in [0.2, 0.25) is 5.02 Å². The van der Waals surface area contributed by atoms with Crippen molar-refractivity contribution < 1.29 is 14.3 Å². The van der Waals surface area contributed by atoms with E-state index in [1.807, 2.05) is 30.5 Å². The van der Waals surface area contributed by atoms with E-state index in [4.69, 9.17) is 16.3 Å². The number of morpholine rings is 1. The molecule has 3 aromatic rings. The second-order valence-electron chi connectivity index (χ2n) is 8.31. The third-order valence-electron chi connectivity index (χ3n) is 6.08. The number of carbonyl (C=O) groups excluding carboxylic acids is 2. The number of amides is 2. The Morgan fingerprint density at radius 1 is 1.12 bits per heavy atom. The Hall–Kier alpha value is -2.87. The van der Waals surface area contributed by atoms with Gasteiger partial charge in [-0.25, -0.2) is 0 Å². The van der Waals surface area contributed by atoms with Gasteiger partial charge in [-0.2, -0.15) is 0 Å². The number of H-pyrrole nitrogens is 1. The van der Waals surface area contributed by atoms with Crippen molar-refractivity contribution in [1.29, 1.82) is 0 Å². The van der Waals surface area contributed by atoms with Gasteiger partial charge >= 0.3 is 0 Å². The average Bonchev–Trinajstić information content (AvgIpc) is 3.25. The molecule has 1 aromatic heterocycles. The van der Waals surface area contributed by atoms with Gasteiger partial charge in [0.15, 0.2) is 0 Å². The van der Waals surface area contributed by atoms with Crippen molar-refractivity contribution in [1.82, 2.24) is 20.5 Å². The number of benzene rings is 2. The van der Waals surface area contributed by atoms with E-state index in [1.165, 1.54) is 0 Å². The molecule has 174 valence electrons. The molecule has 3 N–H and O–H groups in total. The standard InChI is InChI=1S/C25H29ClN4O3/c1-17(30-10-12-33-13-11-30)15-28-25(32)23(29-24(31)20-7-2-4-8-21(20)26)14-18-16-27-22-9-5-3-6-19(18)22/h2-9,16-17,23,27H,10-15H2,1H3,(H,28,32)(H,29,31). The highest BCUT2D eigenvalue weighted by Crippen LogP contribution is 2.20. The van der Waals surface area contributed by atoms with E-state index in [9.17, 15) is 9.59 Å². The van der Waals surface area contributed by atoms with Crippen LogP contribution in [0.3, 0.4) is 0 Å². The van der Waals surface area contributed by atoms with Crippen LogP contribution in [-0.4, -0.2) is 66.6 Å². The summed E-state index contributed by atoms with van der Waals surface area (Å²) in [5, 5.41) is 7.31. The van der Waals surface area contributed by atoms with Gasteiger partial charge in [-0.05, 0) is 30.7 Å². The van der Waals surface area contributed by atoms with Gasteiger partial charge in [0.25, 0.3) is 5.91 Å². The van der Waals surface area contributed by atoms with Gasteiger partial charge in [0, 0.05) is 49.2 Å². The third kappa shape index (κ3) is 5.74. The first-order chi connectivity index (χ1) is 16.0. The molecule has 2 unspecified atom stereocenters. The Morgan fingerprint density at radius 2 is 1.85 bits per heavy atom. The Kier molecular flexibility index (Phi) is 7.65. The van der Waals surface area contributed by atoms with Gasteiger partial charge in [0.05, 0.1) is 23.8 Å². The number of fused-ring (bicyclic) bond motifs is 1. The van der Waals surface area contributed by atoms with Gasteiger partial charge in [-0.3, -0.25) is 14.5 Å². The first-order valence-corrected chi connectivity index (χ1v) is 11.6. The topological polar surface area (TPSA) is 86.5 Å². The number of halogens is 1. The van der Waals surface area contributed by atoms with E-state index in [0.717, 1.165) is 29.6 Å². The van der Waals surface area contributed by atoms with Crippen molar-refractivity contribution in [2.75, 3.05) is 32.8 Å². The SMILES string of the molecule is CC(CNC(=O)C(Cc1c[nH]c2ccccc12)NC(=O)c1ccccc1Cl)N1CCOCC1. The van der Waals surface area contributed by atoms with E-state index in [0.29, 0.717) is 36.8 Å². The number of nitrogens with one attached hydrogen (secondary N) is 3. The highest BCUT2D eigenvalue weighted by molar-refractivity contribution is 6.33. The minimum Gasteiger partial charge on any atom is -0.379 e. The third-order valence-corrected chi connectivity index (χ3v) is 6.41. The van der Waals surface area contributed by atoms with Gasteiger partial charge < -0.3 is 20.4 Å². The summed E-state index contributed by atoms with van der Waals surface area (Å²) in [7, 11) is 0. The lowest BCUT2D eigenvalue weighted by atomic mass is 10.0. The van der Waals surface area contributed by atoms with Crippen LogP contribution in [0.25, 0.3) is 10.9 Å². The lowest BCUT2D eigenvalue weighted by Gasteiger charge is -2.32. The highest BCUT2D eigenvalue weighted by atomic mass is 35.5. The summed E-state index contributed by atoms with van der Waals surface area (Å²) in [6, 6.07) is 14.2. The number of carbonyl (C=O) groups is 2. The molecule has 4 rings (SSSR count). The molecule has 2 aromatic carbocycles.